The van der Waals surface area contributed by atoms with Crippen LogP contribution in [0.25, 0.3) is 0 Å². The van der Waals surface area contributed by atoms with E-state index in [9.17, 15) is 4.79 Å². The Morgan fingerprint density at radius 3 is 2.74 bits per heavy atom. The molecule has 0 aliphatic heterocycles. The molecule has 2 aromatic rings. The molecule has 0 N–H and O–H groups in total. The standard InChI is InChI=1S/C14H16ClN3O/c1-10(19)12-5-4-11(8-13(12)15)18(3)9-14-16-6-7-17(14)2/h4-8H,9H2,1-3H3. The fourth-order valence-corrected chi connectivity index (χ4v) is 2.19. The van der Waals surface area contributed by atoms with Gasteiger partial charge in [0.05, 0.1) is 11.6 Å². The molecule has 4 nitrogen and oxygen atoms in total. The van der Waals surface area contributed by atoms with Crippen LogP contribution in [0.3, 0.4) is 0 Å². The van der Waals surface area contributed by atoms with Crippen molar-refractivity contribution in [1.29, 1.82) is 0 Å². The molecule has 1 heterocycles. The van der Waals surface area contributed by atoms with E-state index in [0.29, 0.717) is 17.1 Å². The number of rotatable bonds is 4. The average Bonchev–Trinajstić information content (AvgIpc) is 2.74. The van der Waals surface area contributed by atoms with Gasteiger partial charge in [0.25, 0.3) is 0 Å². The van der Waals surface area contributed by atoms with Crippen LogP contribution in [0.5, 0.6) is 0 Å². The Kier molecular flexibility index (Phi) is 3.90. The zero-order valence-corrected chi connectivity index (χ0v) is 12.0. The van der Waals surface area contributed by atoms with E-state index in [1.54, 1.807) is 18.3 Å². The lowest BCUT2D eigenvalue weighted by Gasteiger charge is -2.19. The number of aromatic nitrogens is 2. The Balaban J connectivity index is 2.20. The van der Waals surface area contributed by atoms with Crippen molar-refractivity contribution < 1.29 is 4.79 Å². The summed E-state index contributed by atoms with van der Waals surface area (Å²) in [7, 11) is 3.93. The first-order valence-corrected chi connectivity index (χ1v) is 6.34. The molecule has 0 radical (unpaired) electrons. The highest BCUT2D eigenvalue weighted by molar-refractivity contribution is 6.34. The summed E-state index contributed by atoms with van der Waals surface area (Å²) in [6, 6.07) is 5.46. The van der Waals surface area contributed by atoms with E-state index in [0.717, 1.165) is 11.5 Å². The first-order valence-electron chi connectivity index (χ1n) is 5.97. The molecule has 100 valence electrons. The third-order valence-corrected chi connectivity index (χ3v) is 3.39. The van der Waals surface area contributed by atoms with Gasteiger partial charge < -0.3 is 9.47 Å². The molecule has 1 aromatic carbocycles. The molecule has 0 saturated carbocycles. The number of ketones is 1. The first-order chi connectivity index (χ1) is 8.99. The zero-order chi connectivity index (χ0) is 14.0. The van der Waals surface area contributed by atoms with Crippen molar-refractivity contribution in [3.63, 3.8) is 0 Å². The number of aryl methyl sites for hydroxylation is 1. The molecule has 0 saturated heterocycles. The van der Waals surface area contributed by atoms with E-state index in [1.807, 2.05) is 35.8 Å². The lowest BCUT2D eigenvalue weighted by atomic mass is 10.1. The summed E-state index contributed by atoms with van der Waals surface area (Å²) in [4.78, 5) is 17.7. The minimum atomic E-state index is -0.0247. The van der Waals surface area contributed by atoms with Crippen molar-refractivity contribution in [3.8, 4) is 0 Å². The van der Waals surface area contributed by atoms with E-state index < -0.39 is 0 Å². The quantitative estimate of drug-likeness (QED) is 0.807. The molecule has 0 unspecified atom stereocenters. The molecule has 19 heavy (non-hydrogen) atoms. The topological polar surface area (TPSA) is 38.1 Å². The van der Waals surface area contributed by atoms with Crippen LogP contribution in [0.4, 0.5) is 5.69 Å². The van der Waals surface area contributed by atoms with E-state index >= 15 is 0 Å². The van der Waals surface area contributed by atoms with Gasteiger partial charge >= 0.3 is 0 Å². The maximum atomic E-state index is 11.3. The molecule has 0 bridgehead atoms. The number of Topliss-reactive ketones (excluding diaryl/α,β-unsaturated/α-hetero) is 1. The summed E-state index contributed by atoms with van der Waals surface area (Å²) in [6.07, 6.45) is 3.68. The number of imidazole rings is 1. The Hall–Kier alpha value is -1.81. The molecule has 2 rings (SSSR count). The van der Waals surface area contributed by atoms with Gasteiger partial charge in [0.15, 0.2) is 5.78 Å². The highest BCUT2D eigenvalue weighted by atomic mass is 35.5. The molecule has 0 fully saturated rings. The summed E-state index contributed by atoms with van der Waals surface area (Å²) >= 11 is 6.11. The van der Waals surface area contributed by atoms with Gasteiger partial charge in [-0.1, -0.05) is 11.6 Å². The third-order valence-electron chi connectivity index (χ3n) is 3.07. The Morgan fingerprint density at radius 2 is 2.21 bits per heavy atom. The van der Waals surface area contributed by atoms with Gasteiger partial charge in [0.1, 0.15) is 5.82 Å². The van der Waals surface area contributed by atoms with Crippen LogP contribution in [-0.4, -0.2) is 22.4 Å². The number of halogens is 1. The summed E-state index contributed by atoms with van der Waals surface area (Å²) < 4.78 is 1.97. The number of hydrogen-bond donors (Lipinski definition) is 0. The molecule has 5 heteroatoms. The predicted molar refractivity (Wildman–Crippen MR) is 76.8 cm³/mol. The molecule has 0 amide bonds. The van der Waals surface area contributed by atoms with Crippen LogP contribution in [0.1, 0.15) is 23.1 Å². The van der Waals surface area contributed by atoms with Crippen LogP contribution in [0.15, 0.2) is 30.6 Å². The number of carbonyl (C=O) groups is 1. The lowest BCUT2D eigenvalue weighted by Crippen LogP contribution is -2.19. The Morgan fingerprint density at radius 1 is 1.47 bits per heavy atom. The molecule has 0 atom stereocenters. The summed E-state index contributed by atoms with van der Waals surface area (Å²) in [5.74, 6) is 0.942. The molecule has 0 aliphatic carbocycles. The van der Waals surface area contributed by atoms with Crippen LogP contribution < -0.4 is 4.90 Å². The van der Waals surface area contributed by atoms with Crippen molar-refractivity contribution in [2.45, 2.75) is 13.5 Å². The van der Waals surface area contributed by atoms with Gasteiger partial charge in [-0.15, -0.1) is 0 Å². The van der Waals surface area contributed by atoms with Crippen LogP contribution in [-0.2, 0) is 13.6 Å². The van der Waals surface area contributed by atoms with Crippen LogP contribution >= 0.6 is 11.6 Å². The van der Waals surface area contributed by atoms with E-state index in [1.165, 1.54) is 6.92 Å². The number of nitrogens with zero attached hydrogens (tertiary/aromatic N) is 3. The molecular formula is C14H16ClN3O. The van der Waals surface area contributed by atoms with Crippen molar-refractivity contribution in [2.24, 2.45) is 7.05 Å². The predicted octanol–water partition coefficient (Wildman–Crippen LogP) is 2.91. The van der Waals surface area contributed by atoms with Crippen molar-refractivity contribution in [2.75, 3.05) is 11.9 Å². The minimum absolute atomic E-state index is 0.0247. The minimum Gasteiger partial charge on any atom is -0.367 e. The van der Waals surface area contributed by atoms with Gasteiger partial charge in [-0.05, 0) is 25.1 Å². The summed E-state index contributed by atoms with van der Waals surface area (Å²) in [6.45, 7) is 2.19. The number of anilines is 1. The second kappa shape index (κ2) is 5.45. The van der Waals surface area contributed by atoms with Crippen molar-refractivity contribution in [1.82, 2.24) is 9.55 Å². The average molecular weight is 278 g/mol. The van der Waals surface area contributed by atoms with Crippen molar-refractivity contribution >= 4 is 23.1 Å². The molecular weight excluding hydrogens is 262 g/mol. The number of carbonyl (C=O) groups excluding carboxylic acids is 1. The summed E-state index contributed by atoms with van der Waals surface area (Å²) in [5, 5.41) is 0.483. The molecule has 1 aromatic heterocycles. The van der Waals surface area contributed by atoms with Gasteiger partial charge in [-0.2, -0.15) is 0 Å². The second-order valence-electron chi connectivity index (χ2n) is 4.53. The molecule has 0 spiro atoms. The highest BCUT2D eigenvalue weighted by Crippen LogP contribution is 2.24. The first kappa shape index (κ1) is 13.6. The van der Waals surface area contributed by atoms with Crippen molar-refractivity contribution in [3.05, 3.63) is 47.0 Å². The summed E-state index contributed by atoms with van der Waals surface area (Å²) in [5.41, 5.74) is 1.51. The second-order valence-corrected chi connectivity index (χ2v) is 4.94. The monoisotopic (exact) mass is 277 g/mol. The smallest absolute Gasteiger partial charge is 0.161 e. The zero-order valence-electron chi connectivity index (χ0n) is 11.2. The fourth-order valence-electron chi connectivity index (χ4n) is 1.88. The number of benzene rings is 1. The number of hydrogen-bond acceptors (Lipinski definition) is 3. The van der Waals surface area contributed by atoms with Gasteiger partial charge in [-0.25, -0.2) is 4.98 Å². The largest absolute Gasteiger partial charge is 0.367 e. The van der Waals surface area contributed by atoms with Gasteiger partial charge in [0.2, 0.25) is 0 Å². The SMILES string of the molecule is CC(=O)c1ccc(N(C)Cc2nccn2C)cc1Cl. The maximum Gasteiger partial charge on any atom is 0.161 e. The van der Waals surface area contributed by atoms with Crippen LogP contribution in [0, 0.1) is 0 Å². The maximum absolute atomic E-state index is 11.3. The normalized spacial score (nSPS) is 10.5. The highest BCUT2D eigenvalue weighted by Gasteiger charge is 2.10. The van der Waals surface area contributed by atoms with E-state index in [2.05, 4.69) is 4.98 Å². The third kappa shape index (κ3) is 2.96. The van der Waals surface area contributed by atoms with E-state index in [4.69, 9.17) is 11.6 Å². The lowest BCUT2D eigenvalue weighted by molar-refractivity contribution is 0.101. The van der Waals surface area contributed by atoms with Crippen LogP contribution in [0.2, 0.25) is 5.02 Å². The Labute approximate surface area is 117 Å². The molecule has 0 aliphatic rings. The van der Waals surface area contributed by atoms with E-state index in [-0.39, 0.29) is 5.78 Å². The Bertz CT molecular complexity index is 606. The fraction of sp³-hybridized carbons (Fsp3) is 0.286. The van der Waals surface area contributed by atoms with Gasteiger partial charge in [-0.3, -0.25) is 4.79 Å². The van der Waals surface area contributed by atoms with Gasteiger partial charge in [0, 0.05) is 37.7 Å².